The summed E-state index contributed by atoms with van der Waals surface area (Å²) in [4.78, 5) is 34.3. The molecule has 0 amide bonds. The van der Waals surface area contributed by atoms with E-state index in [1.54, 1.807) is 12.1 Å². The Kier molecular flexibility index (Phi) is 2.99. The zero-order chi connectivity index (χ0) is 11.5. The first-order valence-electron chi connectivity index (χ1n) is 5.29. The Morgan fingerprint density at radius 1 is 1.31 bits per heavy atom. The van der Waals surface area contributed by atoms with Crippen molar-refractivity contribution < 1.29 is 18.8 Å². The highest BCUT2D eigenvalue weighted by Crippen LogP contribution is 2.20. The van der Waals surface area contributed by atoms with Crippen LogP contribution in [0.25, 0.3) is 0 Å². The molecule has 0 aliphatic heterocycles. The monoisotopic (exact) mass is 220 g/mol. The molecule has 0 aromatic carbocycles. The predicted octanol–water partition coefficient (Wildman–Crippen LogP) is 1.33. The number of Topliss-reactive ketones (excluding diaryl/α,β-unsaturated/α-hetero) is 3. The first-order chi connectivity index (χ1) is 7.68. The largest absolute Gasteiger partial charge is 0.469 e. The third kappa shape index (κ3) is 2.10. The summed E-state index contributed by atoms with van der Waals surface area (Å²) in [7, 11) is 0. The van der Waals surface area contributed by atoms with Gasteiger partial charge in [0.1, 0.15) is 11.7 Å². The number of carbonyl (C=O) groups is 3. The SMILES string of the molecule is O=C1CCC(=O)C1C(=O)CCc1ccco1. The third-order valence-corrected chi connectivity index (χ3v) is 2.78. The number of ketones is 3. The topological polar surface area (TPSA) is 64.3 Å². The van der Waals surface area contributed by atoms with Gasteiger partial charge in [-0.2, -0.15) is 0 Å². The molecule has 16 heavy (non-hydrogen) atoms. The van der Waals surface area contributed by atoms with Gasteiger partial charge in [-0.25, -0.2) is 0 Å². The Bertz CT molecular complexity index is 400. The zero-order valence-corrected chi connectivity index (χ0v) is 8.77. The van der Waals surface area contributed by atoms with Crippen LogP contribution in [0.4, 0.5) is 0 Å². The average molecular weight is 220 g/mol. The van der Waals surface area contributed by atoms with Gasteiger partial charge in [0.25, 0.3) is 0 Å². The van der Waals surface area contributed by atoms with Crippen molar-refractivity contribution in [1.29, 1.82) is 0 Å². The Hall–Kier alpha value is -1.71. The van der Waals surface area contributed by atoms with Crippen molar-refractivity contribution in [3.63, 3.8) is 0 Å². The van der Waals surface area contributed by atoms with Gasteiger partial charge in [-0.1, -0.05) is 0 Å². The van der Waals surface area contributed by atoms with Gasteiger partial charge in [-0.3, -0.25) is 14.4 Å². The van der Waals surface area contributed by atoms with Crippen molar-refractivity contribution in [3.8, 4) is 0 Å². The molecule has 1 aliphatic rings. The maximum absolute atomic E-state index is 11.7. The van der Waals surface area contributed by atoms with Crippen LogP contribution >= 0.6 is 0 Å². The van der Waals surface area contributed by atoms with E-state index >= 15 is 0 Å². The molecule has 4 nitrogen and oxygen atoms in total. The number of hydrogen-bond donors (Lipinski definition) is 0. The lowest BCUT2D eigenvalue weighted by atomic mass is 9.97. The van der Waals surface area contributed by atoms with Crippen molar-refractivity contribution in [3.05, 3.63) is 24.2 Å². The van der Waals surface area contributed by atoms with E-state index in [9.17, 15) is 14.4 Å². The molecule has 1 aliphatic carbocycles. The van der Waals surface area contributed by atoms with Crippen LogP contribution in [0, 0.1) is 5.92 Å². The van der Waals surface area contributed by atoms with Gasteiger partial charge >= 0.3 is 0 Å². The van der Waals surface area contributed by atoms with E-state index in [-0.39, 0.29) is 36.6 Å². The van der Waals surface area contributed by atoms with Gasteiger partial charge in [-0.05, 0) is 12.1 Å². The van der Waals surface area contributed by atoms with Gasteiger partial charge in [0, 0.05) is 25.7 Å². The maximum Gasteiger partial charge on any atom is 0.151 e. The van der Waals surface area contributed by atoms with Gasteiger partial charge in [0.15, 0.2) is 17.3 Å². The van der Waals surface area contributed by atoms with E-state index in [4.69, 9.17) is 4.42 Å². The fourth-order valence-corrected chi connectivity index (χ4v) is 1.92. The molecular weight excluding hydrogens is 208 g/mol. The molecule has 1 fully saturated rings. The van der Waals surface area contributed by atoms with Crippen LogP contribution in [0.15, 0.2) is 22.8 Å². The smallest absolute Gasteiger partial charge is 0.151 e. The standard InChI is InChI=1S/C12H12O4/c13-9(4-3-8-2-1-7-16-8)12-10(14)5-6-11(12)15/h1-2,7,12H,3-6H2. The summed E-state index contributed by atoms with van der Waals surface area (Å²) < 4.78 is 5.08. The molecule has 0 atom stereocenters. The quantitative estimate of drug-likeness (QED) is 0.718. The van der Waals surface area contributed by atoms with E-state index in [1.165, 1.54) is 6.26 Å². The van der Waals surface area contributed by atoms with Crippen LogP contribution in [0.3, 0.4) is 0 Å². The first kappa shape index (κ1) is 10.8. The molecule has 0 saturated heterocycles. The minimum Gasteiger partial charge on any atom is -0.469 e. The zero-order valence-electron chi connectivity index (χ0n) is 8.77. The lowest BCUT2D eigenvalue weighted by molar-refractivity contribution is -0.136. The minimum absolute atomic E-state index is 0.190. The van der Waals surface area contributed by atoms with Crippen molar-refractivity contribution in [1.82, 2.24) is 0 Å². The van der Waals surface area contributed by atoms with E-state index < -0.39 is 5.92 Å². The summed E-state index contributed by atoms with van der Waals surface area (Å²) in [6.07, 6.45) is 2.61. The molecule has 1 heterocycles. The van der Waals surface area contributed by atoms with Crippen LogP contribution in [0.1, 0.15) is 25.0 Å². The van der Waals surface area contributed by atoms with Crippen LogP contribution in [-0.2, 0) is 20.8 Å². The van der Waals surface area contributed by atoms with E-state index in [2.05, 4.69) is 0 Å². The normalized spacial score (nSPS) is 17.0. The van der Waals surface area contributed by atoms with E-state index in [1.807, 2.05) is 0 Å². The lowest BCUT2D eigenvalue weighted by Gasteiger charge is -2.04. The summed E-state index contributed by atoms with van der Waals surface area (Å²) >= 11 is 0. The number of carbonyl (C=O) groups excluding carboxylic acids is 3. The number of hydrogen-bond acceptors (Lipinski definition) is 4. The van der Waals surface area contributed by atoms with Crippen molar-refractivity contribution in [2.75, 3.05) is 0 Å². The molecule has 0 radical (unpaired) electrons. The van der Waals surface area contributed by atoms with Crippen molar-refractivity contribution >= 4 is 17.3 Å². The average Bonchev–Trinajstić information content (AvgIpc) is 2.86. The van der Waals surface area contributed by atoms with Crippen LogP contribution in [0.2, 0.25) is 0 Å². The van der Waals surface area contributed by atoms with Crippen molar-refractivity contribution in [2.24, 2.45) is 5.92 Å². The summed E-state index contributed by atoms with van der Waals surface area (Å²) in [5.41, 5.74) is 0. The molecule has 0 unspecified atom stereocenters. The molecular formula is C12H12O4. The molecule has 0 spiro atoms. The summed E-state index contributed by atoms with van der Waals surface area (Å²) in [6.45, 7) is 0. The second-order valence-electron chi connectivity index (χ2n) is 3.91. The Morgan fingerprint density at radius 3 is 2.56 bits per heavy atom. The first-order valence-corrected chi connectivity index (χ1v) is 5.29. The number of furan rings is 1. The lowest BCUT2D eigenvalue weighted by Crippen LogP contribution is -2.25. The molecule has 84 valence electrons. The second-order valence-corrected chi connectivity index (χ2v) is 3.91. The summed E-state index contributed by atoms with van der Waals surface area (Å²) in [5.74, 6) is -1.02. The Balaban J connectivity index is 1.93. The third-order valence-electron chi connectivity index (χ3n) is 2.78. The van der Waals surface area contributed by atoms with Gasteiger partial charge < -0.3 is 4.42 Å². The van der Waals surface area contributed by atoms with E-state index in [0.29, 0.717) is 12.2 Å². The maximum atomic E-state index is 11.7. The summed E-state index contributed by atoms with van der Waals surface area (Å²) in [5, 5.41) is 0. The number of aryl methyl sites for hydroxylation is 1. The highest BCUT2D eigenvalue weighted by atomic mass is 16.3. The molecule has 0 bridgehead atoms. The fourth-order valence-electron chi connectivity index (χ4n) is 1.92. The predicted molar refractivity (Wildman–Crippen MR) is 54.8 cm³/mol. The highest BCUT2D eigenvalue weighted by Gasteiger charge is 2.37. The molecule has 1 aromatic heterocycles. The van der Waals surface area contributed by atoms with Gasteiger partial charge in [0.05, 0.1) is 6.26 Å². The Morgan fingerprint density at radius 2 is 2.00 bits per heavy atom. The minimum atomic E-state index is -0.991. The Labute approximate surface area is 92.6 Å². The van der Waals surface area contributed by atoms with Gasteiger partial charge in [-0.15, -0.1) is 0 Å². The molecule has 1 aromatic rings. The van der Waals surface area contributed by atoms with Crippen LogP contribution < -0.4 is 0 Å². The second kappa shape index (κ2) is 4.43. The molecule has 4 heteroatoms. The van der Waals surface area contributed by atoms with Crippen LogP contribution in [0.5, 0.6) is 0 Å². The van der Waals surface area contributed by atoms with E-state index in [0.717, 1.165) is 0 Å². The number of rotatable bonds is 4. The molecule has 0 N–H and O–H groups in total. The highest BCUT2D eigenvalue weighted by molar-refractivity contribution is 6.23. The molecule has 1 saturated carbocycles. The molecule has 2 rings (SSSR count). The fraction of sp³-hybridized carbons (Fsp3) is 0.417. The van der Waals surface area contributed by atoms with Gasteiger partial charge in [0.2, 0.25) is 0 Å². The summed E-state index contributed by atoms with van der Waals surface area (Å²) in [6, 6.07) is 3.51. The van der Waals surface area contributed by atoms with Crippen molar-refractivity contribution in [2.45, 2.75) is 25.7 Å². The van der Waals surface area contributed by atoms with Crippen LogP contribution in [-0.4, -0.2) is 17.3 Å².